The van der Waals surface area contributed by atoms with Crippen molar-refractivity contribution in [1.29, 1.82) is 0 Å². The first-order chi connectivity index (χ1) is 6.77. The number of nitrogens with zero attached hydrogens (tertiary/aromatic N) is 1. The van der Waals surface area contributed by atoms with E-state index in [0.29, 0.717) is 0 Å². The van der Waals surface area contributed by atoms with Crippen LogP contribution in [0.2, 0.25) is 0 Å². The van der Waals surface area contributed by atoms with Gasteiger partial charge in [0.25, 0.3) is 0 Å². The van der Waals surface area contributed by atoms with Crippen molar-refractivity contribution in [3.8, 4) is 0 Å². The third-order valence-electron chi connectivity index (χ3n) is 3.37. The molecule has 1 unspecified atom stereocenters. The van der Waals surface area contributed by atoms with Crippen LogP contribution in [0.1, 0.15) is 40.0 Å². The quantitative estimate of drug-likeness (QED) is 0.674. The predicted molar refractivity (Wildman–Crippen MR) is 62.6 cm³/mol. The molecule has 1 fully saturated rings. The second-order valence-electron chi connectivity index (χ2n) is 4.63. The summed E-state index contributed by atoms with van der Waals surface area (Å²) in [7, 11) is 0. The Labute approximate surface area is 89.1 Å². The van der Waals surface area contributed by atoms with Crippen LogP contribution < -0.4 is 5.32 Å². The van der Waals surface area contributed by atoms with Crippen molar-refractivity contribution in [2.75, 3.05) is 26.2 Å². The first-order valence-electron chi connectivity index (χ1n) is 6.22. The zero-order chi connectivity index (χ0) is 10.4. The standard InChI is InChI=1S/C12H26N2/c1-4-6-7-14(11(3)5-2)10-12-8-13-9-12/h11-13H,4-10H2,1-3H3. The molecule has 0 radical (unpaired) electrons. The highest BCUT2D eigenvalue weighted by atomic mass is 15.2. The van der Waals surface area contributed by atoms with Crippen LogP contribution in [0.25, 0.3) is 0 Å². The summed E-state index contributed by atoms with van der Waals surface area (Å²) in [6.07, 6.45) is 3.95. The highest BCUT2D eigenvalue weighted by Gasteiger charge is 2.21. The van der Waals surface area contributed by atoms with Crippen LogP contribution in [-0.2, 0) is 0 Å². The van der Waals surface area contributed by atoms with Gasteiger partial charge in [0, 0.05) is 25.7 Å². The van der Waals surface area contributed by atoms with Crippen molar-refractivity contribution < 1.29 is 0 Å². The second kappa shape index (κ2) is 6.41. The molecule has 1 heterocycles. The molecule has 0 aromatic heterocycles. The van der Waals surface area contributed by atoms with Crippen LogP contribution in [0, 0.1) is 5.92 Å². The lowest BCUT2D eigenvalue weighted by Gasteiger charge is -2.36. The molecular weight excluding hydrogens is 172 g/mol. The number of hydrogen-bond donors (Lipinski definition) is 1. The van der Waals surface area contributed by atoms with Gasteiger partial charge in [-0.1, -0.05) is 20.3 Å². The minimum Gasteiger partial charge on any atom is -0.316 e. The number of unbranched alkanes of at least 4 members (excludes halogenated alkanes) is 1. The molecular formula is C12H26N2. The minimum absolute atomic E-state index is 0.766. The fraction of sp³-hybridized carbons (Fsp3) is 1.00. The van der Waals surface area contributed by atoms with E-state index in [1.54, 1.807) is 0 Å². The van der Waals surface area contributed by atoms with Gasteiger partial charge in [0.1, 0.15) is 0 Å². The Morgan fingerprint density at radius 2 is 2.07 bits per heavy atom. The van der Waals surface area contributed by atoms with Gasteiger partial charge >= 0.3 is 0 Å². The zero-order valence-corrected chi connectivity index (χ0v) is 10.1. The lowest BCUT2D eigenvalue weighted by atomic mass is 10.0. The van der Waals surface area contributed by atoms with Crippen molar-refractivity contribution in [3.05, 3.63) is 0 Å². The van der Waals surface area contributed by atoms with E-state index < -0.39 is 0 Å². The van der Waals surface area contributed by atoms with Crippen molar-refractivity contribution in [1.82, 2.24) is 10.2 Å². The van der Waals surface area contributed by atoms with Gasteiger partial charge in [-0.15, -0.1) is 0 Å². The number of hydrogen-bond acceptors (Lipinski definition) is 2. The van der Waals surface area contributed by atoms with Gasteiger partial charge in [-0.05, 0) is 32.2 Å². The summed E-state index contributed by atoms with van der Waals surface area (Å²) in [4.78, 5) is 2.68. The van der Waals surface area contributed by atoms with Crippen LogP contribution in [0.3, 0.4) is 0 Å². The Hall–Kier alpha value is -0.0800. The van der Waals surface area contributed by atoms with Gasteiger partial charge in [0.2, 0.25) is 0 Å². The molecule has 2 nitrogen and oxygen atoms in total. The summed E-state index contributed by atoms with van der Waals surface area (Å²) < 4.78 is 0. The minimum atomic E-state index is 0.766. The lowest BCUT2D eigenvalue weighted by molar-refractivity contribution is 0.146. The monoisotopic (exact) mass is 198 g/mol. The Morgan fingerprint density at radius 3 is 2.50 bits per heavy atom. The molecule has 0 amide bonds. The summed E-state index contributed by atoms with van der Waals surface area (Å²) >= 11 is 0. The van der Waals surface area contributed by atoms with Gasteiger partial charge in [-0.3, -0.25) is 0 Å². The molecule has 0 saturated carbocycles. The van der Waals surface area contributed by atoms with Crippen LogP contribution in [0.15, 0.2) is 0 Å². The van der Waals surface area contributed by atoms with Crippen LogP contribution in [0.5, 0.6) is 0 Å². The van der Waals surface area contributed by atoms with Gasteiger partial charge in [0.05, 0.1) is 0 Å². The first kappa shape index (κ1) is 12.0. The van der Waals surface area contributed by atoms with E-state index in [1.807, 2.05) is 0 Å². The molecule has 0 aromatic rings. The van der Waals surface area contributed by atoms with E-state index in [1.165, 1.54) is 45.4 Å². The van der Waals surface area contributed by atoms with E-state index in [2.05, 4.69) is 31.0 Å². The third-order valence-corrected chi connectivity index (χ3v) is 3.37. The van der Waals surface area contributed by atoms with Crippen LogP contribution in [-0.4, -0.2) is 37.1 Å². The topological polar surface area (TPSA) is 15.3 Å². The highest BCUT2D eigenvalue weighted by Crippen LogP contribution is 2.12. The van der Waals surface area contributed by atoms with Gasteiger partial charge in [0.15, 0.2) is 0 Å². The average molecular weight is 198 g/mol. The predicted octanol–water partition coefficient (Wildman–Crippen LogP) is 2.11. The fourth-order valence-electron chi connectivity index (χ4n) is 1.92. The molecule has 0 aromatic carbocycles. The average Bonchev–Trinajstić information content (AvgIpc) is 2.14. The Balaban J connectivity index is 2.26. The molecule has 1 aliphatic rings. The Morgan fingerprint density at radius 1 is 1.36 bits per heavy atom. The van der Waals surface area contributed by atoms with Gasteiger partial charge in [-0.25, -0.2) is 0 Å². The summed E-state index contributed by atoms with van der Waals surface area (Å²) in [5, 5.41) is 3.35. The van der Waals surface area contributed by atoms with E-state index in [4.69, 9.17) is 0 Å². The molecule has 0 bridgehead atoms. The van der Waals surface area contributed by atoms with E-state index >= 15 is 0 Å². The number of rotatable bonds is 7. The maximum absolute atomic E-state index is 3.35. The van der Waals surface area contributed by atoms with Crippen molar-refractivity contribution in [2.45, 2.75) is 46.1 Å². The summed E-state index contributed by atoms with van der Waals surface area (Å²) in [5.41, 5.74) is 0. The third kappa shape index (κ3) is 3.58. The number of nitrogens with one attached hydrogen (secondary N) is 1. The SMILES string of the molecule is CCCCN(CC1CNC1)C(C)CC. The Kier molecular flexibility index (Phi) is 5.49. The zero-order valence-electron chi connectivity index (χ0n) is 10.1. The Bertz CT molecular complexity index is 143. The lowest BCUT2D eigenvalue weighted by Crippen LogP contribution is -2.50. The van der Waals surface area contributed by atoms with E-state index in [9.17, 15) is 0 Å². The molecule has 2 heteroatoms. The molecule has 1 atom stereocenters. The maximum atomic E-state index is 3.35. The smallest absolute Gasteiger partial charge is 0.00644 e. The molecule has 0 spiro atoms. The molecule has 1 aliphatic heterocycles. The second-order valence-corrected chi connectivity index (χ2v) is 4.63. The largest absolute Gasteiger partial charge is 0.316 e. The summed E-state index contributed by atoms with van der Waals surface area (Å²) in [5.74, 6) is 0.917. The summed E-state index contributed by atoms with van der Waals surface area (Å²) in [6.45, 7) is 12.0. The summed E-state index contributed by atoms with van der Waals surface area (Å²) in [6, 6.07) is 0.766. The van der Waals surface area contributed by atoms with Crippen LogP contribution >= 0.6 is 0 Å². The normalized spacial score (nSPS) is 19.7. The van der Waals surface area contributed by atoms with Gasteiger partial charge < -0.3 is 10.2 Å². The molecule has 1 rings (SSSR count). The maximum Gasteiger partial charge on any atom is 0.00644 e. The molecule has 0 aliphatic carbocycles. The van der Waals surface area contributed by atoms with E-state index in [-0.39, 0.29) is 0 Å². The van der Waals surface area contributed by atoms with Crippen molar-refractivity contribution in [3.63, 3.8) is 0 Å². The highest BCUT2D eigenvalue weighted by molar-refractivity contribution is 4.79. The van der Waals surface area contributed by atoms with E-state index in [0.717, 1.165) is 12.0 Å². The van der Waals surface area contributed by atoms with Gasteiger partial charge in [-0.2, -0.15) is 0 Å². The molecule has 1 N–H and O–H groups in total. The first-order valence-corrected chi connectivity index (χ1v) is 6.22. The van der Waals surface area contributed by atoms with Crippen molar-refractivity contribution >= 4 is 0 Å². The molecule has 84 valence electrons. The van der Waals surface area contributed by atoms with Crippen molar-refractivity contribution in [2.24, 2.45) is 5.92 Å². The van der Waals surface area contributed by atoms with Crippen LogP contribution in [0.4, 0.5) is 0 Å². The fourth-order valence-corrected chi connectivity index (χ4v) is 1.92. The molecule has 14 heavy (non-hydrogen) atoms. The molecule has 1 saturated heterocycles.